The van der Waals surface area contributed by atoms with E-state index in [1.807, 2.05) is 0 Å². The van der Waals surface area contributed by atoms with E-state index in [1.54, 1.807) is 0 Å². The van der Waals surface area contributed by atoms with Crippen LogP contribution >= 0.6 is 0 Å². The number of aliphatic carboxylic acids is 1. The monoisotopic (exact) mass is 265 g/mol. The third-order valence-corrected chi connectivity index (χ3v) is 4.84. The van der Waals surface area contributed by atoms with Gasteiger partial charge < -0.3 is 5.11 Å². The molecular weight excluding hydrogens is 246 g/mol. The molecule has 3 aliphatic rings. The maximum atomic E-state index is 12.6. The van der Waals surface area contributed by atoms with Crippen molar-refractivity contribution in [1.29, 1.82) is 0 Å². The average Bonchev–Trinajstić information content (AvgIpc) is 3.16. The molecule has 2 saturated carbocycles. The van der Waals surface area contributed by atoms with Gasteiger partial charge in [-0.15, -0.1) is 0 Å². The summed E-state index contributed by atoms with van der Waals surface area (Å²) in [6.45, 7) is 0. The smallest absolute Gasteiger partial charge is 0.327 e. The van der Waals surface area contributed by atoms with Gasteiger partial charge in [-0.2, -0.15) is 0 Å². The molecule has 2 amide bonds. The van der Waals surface area contributed by atoms with Crippen molar-refractivity contribution in [1.82, 2.24) is 4.90 Å². The number of rotatable bonds is 3. The first kappa shape index (κ1) is 12.6. The molecule has 3 rings (SSSR count). The number of carbonyl (C=O) groups excluding carboxylic acids is 2. The van der Waals surface area contributed by atoms with Gasteiger partial charge in [0.25, 0.3) is 0 Å². The van der Waals surface area contributed by atoms with Crippen molar-refractivity contribution in [2.24, 2.45) is 11.3 Å². The number of carboxylic acids is 1. The lowest BCUT2D eigenvalue weighted by atomic mass is 9.73. The molecular formula is C14H19NO4. The minimum absolute atomic E-state index is 0.0239. The molecule has 0 bridgehead atoms. The summed E-state index contributed by atoms with van der Waals surface area (Å²) in [6.07, 6.45) is 6.36. The number of imide groups is 1. The molecule has 19 heavy (non-hydrogen) atoms. The normalized spacial score (nSPS) is 27.9. The van der Waals surface area contributed by atoms with Crippen LogP contribution in [0.3, 0.4) is 0 Å². The van der Waals surface area contributed by atoms with Crippen molar-refractivity contribution in [2.75, 3.05) is 0 Å². The van der Waals surface area contributed by atoms with Crippen molar-refractivity contribution in [3.63, 3.8) is 0 Å². The van der Waals surface area contributed by atoms with Gasteiger partial charge >= 0.3 is 5.97 Å². The molecule has 1 heterocycles. The first-order chi connectivity index (χ1) is 9.05. The van der Waals surface area contributed by atoms with Gasteiger partial charge in [-0.1, -0.05) is 19.3 Å². The van der Waals surface area contributed by atoms with Crippen molar-refractivity contribution >= 4 is 17.8 Å². The van der Waals surface area contributed by atoms with Crippen LogP contribution in [0.2, 0.25) is 0 Å². The van der Waals surface area contributed by atoms with Crippen LogP contribution in [-0.2, 0) is 14.4 Å². The Morgan fingerprint density at radius 2 is 1.84 bits per heavy atom. The van der Waals surface area contributed by atoms with Gasteiger partial charge in [0.05, 0.1) is 5.41 Å². The van der Waals surface area contributed by atoms with Crippen LogP contribution < -0.4 is 0 Å². The van der Waals surface area contributed by atoms with Crippen LogP contribution in [0.1, 0.15) is 51.4 Å². The zero-order valence-electron chi connectivity index (χ0n) is 10.9. The van der Waals surface area contributed by atoms with Crippen molar-refractivity contribution in [3.05, 3.63) is 0 Å². The lowest BCUT2D eigenvalue weighted by Crippen LogP contribution is -2.48. The predicted molar refractivity (Wildman–Crippen MR) is 66.1 cm³/mol. The van der Waals surface area contributed by atoms with Crippen LogP contribution in [0, 0.1) is 11.3 Å². The molecule has 0 aromatic rings. The second kappa shape index (κ2) is 4.32. The quantitative estimate of drug-likeness (QED) is 0.786. The summed E-state index contributed by atoms with van der Waals surface area (Å²) < 4.78 is 0. The number of nitrogens with zero attached hydrogens (tertiary/aromatic N) is 1. The highest BCUT2D eigenvalue weighted by Crippen LogP contribution is 2.48. The lowest BCUT2D eigenvalue weighted by Gasteiger charge is -2.31. The fourth-order valence-corrected chi connectivity index (χ4v) is 3.65. The second-order valence-corrected chi connectivity index (χ2v) is 6.21. The SMILES string of the molecule is O=C(O)C(C1CC1)N1C(=O)CC2(CCCCC2)C1=O. The Balaban J connectivity index is 1.87. The minimum atomic E-state index is -1.03. The Hall–Kier alpha value is -1.39. The fourth-order valence-electron chi connectivity index (χ4n) is 3.65. The Labute approximate surface area is 112 Å². The molecule has 0 radical (unpaired) electrons. The van der Waals surface area contributed by atoms with Gasteiger partial charge in [0.2, 0.25) is 11.8 Å². The number of likely N-dealkylation sites (tertiary alicyclic amines) is 1. The van der Waals surface area contributed by atoms with Crippen LogP contribution in [0.4, 0.5) is 0 Å². The van der Waals surface area contributed by atoms with Crippen LogP contribution in [0.5, 0.6) is 0 Å². The average molecular weight is 265 g/mol. The number of hydrogen-bond donors (Lipinski definition) is 1. The molecule has 3 fully saturated rings. The van der Waals surface area contributed by atoms with Gasteiger partial charge in [-0.3, -0.25) is 14.5 Å². The maximum absolute atomic E-state index is 12.6. The van der Waals surface area contributed by atoms with E-state index in [-0.39, 0.29) is 24.2 Å². The highest BCUT2D eigenvalue weighted by molar-refractivity contribution is 6.08. The largest absolute Gasteiger partial charge is 0.480 e. The van der Waals surface area contributed by atoms with Crippen LogP contribution in [-0.4, -0.2) is 33.8 Å². The summed E-state index contributed by atoms with van der Waals surface area (Å²) in [6, 6.07) is -0.915. The molecule has 0 aromatic carbocycles. The molecule has 5 heteroatoms. The van der Waals surface area contributed by atoms with Gasteiger partial charge in [-0.05, 0) is 31.6 Å². The van der Waals surface area contributed by atoms with Crippen molar-refractivity contribution in [3.8, 4) is 0 Å². The first-order valence-corrected chi connectivity index (χ1v) is 7.14. The summed E-state index contributed by atoms with van der Waals surface area (Å²) in [5.41, 5.74) is -0.572. The van der Waals surface area contributed by atoms with Gasteiger partial charge in [-0.25, -0.2) is 4.79 Å². The van der Waals surface area contributed by atoms with Crippen molar-refractivity contribution in [2.45, 2.75) is 57.4 Å². The van der Waals surface area contributed by atoms with E-state index in [0.717, 1.165) is 49.8 Å². The molecule has 1 spiro atoms. The van der Waals surface area contributed by atoms with E-state index < -0.39 is 17.4 Å². The molecule has 1 aliphatic heterocycles. The Bertz CT molecular complexity index is 435. The van der Waals surface area contributed by atoms with Gasteiger partial charge in [0, 0.05) is 6.42 Å². The molecule has 2 aliphatic carbocycles. The third-order valence-electron chi connectivity index (χ3n) is 4.84. The Kier molecular flexibility index (Phi) is 2.87. The van der Waals surface area contributed by atoms with E-state index >= 15 is 0 Å². The van der Waals surface area contributed by atoms with Gasteiger partial charge in [0.1, 0.15) is 6.04 Å². The Morgan fingerprint density at radius 1 is 1.21 bits per heavy atom. The highest BCUT2D eigenvalue weighted by Gasteiger charge is 2.57. The zero-order valence-corrected chi connectivity index (χ0v) is 10.9. The number of amides is 2. The predicted octanol–water partition coefficient (Wildman–Crippen LogP) is 1.56. The number of carbonyl (C=O) groups is 3. The molecule has 104 valence electrons. The number of carboxylic acid groups (broad SMARTS) is 1. The summed E-state index contributed by atoms with van der Waals surface area (Å²) in [4.78, 5) is 37.3. The first-order valence-electron chi connectivity index (χ1n) is 7.14. The summed E-state index contributed by atoms with van der Waals surface area (Å²) >= 11 is 0. The summed E-state index contributed by atoms with van der Waals surface area (Å²) in [5.74, 6) is -1.54. The molecule has 1 saturated heterocycles. The topological polar surface area (TPSA) is 74.7 Å². The van der Waals surface area contributed by atoms with E-state index in [0.29, 0.717) is 0 Å². The lowest BCUT2D eigenvalue weighted by molar-refractivity contribution is -0.157. The number of hydrogen-bond acceptors (Lipinski definition) is 3. The van der Waals surface area contributed by atoms with E-state index in [1.165, 1.54) is 0 Å². The fraction of sp³-hybridized carbons (Fsp3) is 0.786. The van der Waals surface area contributed by atoms with E-state index in [4.69, 9.17) is 0 Å². The highest BCUT2D eigenvalue weighted by atomic mass is 16.4. The van der Waals surface area contributed by atoms with E-state index in [9.17, 15) is 19.5 Å². The molecule has 1 unspecified atom stereocenters. The standard InChI is InChI=1S/C14H19NO4/c16-10-8-14(6-2-1-3-7-14)13(19)15(10)11(12(17)18)9-4-5-9/h9,11H,1-8H2,(H,17,18). The van der Waals surface area contributed by atoms with Crippen molar-refractivity contribution < 1.29 is 19.5 Å². The minimum Gasteiger partial charge on any atom is -0.480 e. The molecule has 1 N–H and O–H groups in total. The third kappa shape index (κ3) is 1.95. The second-order valence-electron chi connectivity index (χ2n) is 6.21. The Morgan fingerprint density at radius 3 is 2.37 bits per heavy atom. The van der Waals surface area contributed by atoms with E-state index in [2.05, 4.69) is 0 Å². The van der Waals surface area contributed by atoms with Crippen LogP contribution in [0.15, 0.2) is 0 Å². The maximum Gasteiger partial charge on any atom is 0.327 e. The zero-order chi connectivity index (χ0) is 13.6. The molecule has 1 atom stereocenters. The molecule has 5 nitrogen and oxygen atoms in total. The summed E-state index contributed by atoms with van der Waals surface area (Å²) in [5, 5.41) is 9.32. The van der Waals surface area contributed by atoms with Crippen LogP contribution in [0.25, 0.3) is 0 Å². The summed E-state index contributed by atoms with van der Waals surface area (Å²) in [7, 11) is 0. The van der Waals surface area contributed by atoms with Gasteiger partial charge in [0.15, 0.2) is 0 Å². The molecule has 0 aromatic heterocycles.